The Hall–Kier alpha value is -3.37. The lowest BCUT2D eigenvalue weighted by molar-refractivity contribution is 0.262. The normalized spacial score (nSPS) is 15.1. The minimum atomic E-state index is -3.90. The van der Waals surface area contributed by atoms with Crippen molar-refractivity contribution in [3.63, 3.8) is 0 Å². The second-order valence-corrected chi connectivity index (χ2v) is 15.1. The third kappa shape index (κ3) is 7.12. The van der Waals surface area contributed by atoms with E-state index in [0.29, 0.717) is 34.9 Å². The summed E-state index contributed by atoms with van der Waals surface area (Å²) in [5, 5.41) is 13.5. The zero-order chi connectivity index (χ0) is 31.6. The maximum absolute atomic E-state index is 14.2. The molecule has 1 atom stereocenters. The number of halogens is 2. The number of piperidine rings is 1. The number of aromatic nitrogens is 2. The lowest BCUT2D eigenvalue weighted by atomic mass is 9.90. The number of carbonyl (C=O) groups is 1. The van der Waals surface area contributed by atoms with Crippen molar-refractivity contribution in [3.05, 3.63) is 99.7 Å². The summed E-state index contributed by atoms with van der Waals surface area (Å²) >= 11 is 12.5. The van der Waals surface area contributed by atoms with E-state index < -0.39 is 21.1 Å². The van der Waals surface area contributed by atoms with Gasteiger partial charge in [-0.1, -0.05) is 73.8 Å². The van der Waals surface area contributed by atoms with Crippen LogP contribution in [0.15, 0.2) is 77.7 Å². The van der Waals surface area contributed by atoms with Crippen LogP contribution in [0.3, 0.4) is 0 Å². The Labute approximate surface area is 269 Å². The summed E-state index contributed by atoms with van der Waals surface area (Å²) < 4.78 is 30.0. The first kappa shape index (κ1) is 32.0. The van der Waals surface area contributed by atoms with Crippen molar-refractivity contribution >= 4 is 50.6 Å². The number of hydrogen-bond acceptors (Lipinski definition) is 5. The minimum absolute atomic E-state index is 0.0437. The maximum atomic E-state index is 14.2. The van der Waals surface area contributed by atoms with E-state index in [-0.39, 0.29) is 21.3 Å². The Kier molecular flexibility index (Phi) is 9.41. The van der Waals surface area contributed by atoms with Crippen molar-refractivity contribution < 1.29 is 13.2 Å². The Morgan fingerprint density at radius 2 is 1.68 bits per heavy atom. The zero-order valence-electron chi connectivity index (χ0n) is 25.2. The Bertz CT molecular complexity index is 1760. The molecular formula is C33H37Cl2N5O3S. The van der Waals surface area contributed by atoms with E-state index in [4.69, 9.17) is 28.3 Å². The van der Waals surface area contributed by atoms with E-state index in [9.17, 15) is 13.2 Å². The molecule has 1 aliphatic rings. The van der Waals surface area contributed by atoms with E-state index in [1.807, 2.05) is 37.3 Å². The first-order chi connectivity index (χ1) is 20.8. The van der Waals surface area contributed by atoms with Crippen LogP contribution in [0.5, 0.6) is 0 Å². The van der Waals surface area contributed by atoms with Gasteiger partial charge in [0.2, 0.25) is 0 Å². The lowest BCUT2D eigenvalue weighted by Gasteiger charge is -2.31. The predicted molar refractivity (Wildman–Crippen MR) is 178 cm³/mol. The number of nitrogens with one attached hydrogen (secondary N) is 3. The summed E-state index contributed by atoms with van der Waals surface area (Å²) in [6.07, 6.45) is 1.37. The fraction of sp³-hybridized carbons (Fsp3) is 0.333. The number of sulfone groups is 1. The second kappa shape index (κ2) is 12.9. The van der Waals surface area contributed by atoms with Crippen LogP contribution < -0.4 is 16.0 Å². The second-order valence-electron chi connectivity index (χ2n) is 12.2. The van der Waals surface area contributed by atoms with Crippen molar-refractivity contribution in [2.24, 2.45) is 5.92 Å². The van der Waals surface area contributed by atoms with Gasteiger partial charge in [0.05, 0.1) is 26.5 Å². The molecule has 232 valence electrons. The molecule has 2 amide bonds. The average Bonchev–Trinajstić information content (AvgIpc) is 3.38. The molecule has 1 saturated heterocycles. The SMILES string of the molecule is Cc1ccc(-n2nc(C(C)(C)C)cc2NC(=O)Nc2cccc(C(C3CCNCC3)S(=O)(=O)c3ccc(Cl)cc3Cl)c2)cc1. The summed E-state index contributed by atoms with van der Waals surface area (Å²) in [4.78, 5) is 13.4. The Morgan fingerprint density at radius 1 is 0.977 bits per heavy atom. The van der Waals surface area contributed by atoms with Gasteiger partial charge in [-0.2, -0.15) is 5.10 Å². The molecule has 1 aromatic heterocycles. The largest absolute Gasteiger partial charge is 0.324 e. The van der Waals surface area contributed by atoms with E-state index in [1.54, 1.807) is 28.9 Å². The Balaban J connectivity index is 1.44. The summed E-state index contributed by atoms with van der Waals surface area (Å²) in [7, 11) is -3.90. The molecule has 0 spiro atoms. The van der Waals surface area contributed by atoms with Gasteiger partial charge in [-0.05, 0) is 86.8 Å². The number of urea groups is 1. The van der Waals surface area contributed by atoms with Gasteiger partial charge in [-0.15, -0.1) is 0 Å². The average molecular weight is 655 g/mol. The monoisotopic (exact) mass is 653 g/mol. The molecule has 0 aliphatic carbocycles. The number of amides is 2. The van der Waals surface area contributed by atoms with Gasteiger partial charge in [-0.25, -0.2) is 17.9 Å². The molecule has 3 N–H and O–H groups in total. The molecule has 3 aromatic carbocycles. The number of aryl methyl sites for hydroxylation is 1. The molecule has 0 radical (unpaired) electrons. The smallest absolute Gasteiger partial charge is 0.317 e. The third-order valence-electron chi connectivity index (χ3n) is 7.82. The molecule has 5 rings (SSSR count). The van der Waals surface area contributed by atoms with Crippen LogP contribution in [0.2, 0.25) is 10.0 Å². The number of anilines is 2. The quantitative estimate of drug-likeness (QED) is 0.188. The minimum Gasteiger partial charge on any atom is -0.317 e. The van der Waals surface area contributed by atoms with Crippen LogP contribution in [0.25, 0.3) is 5.69 Å². The van der Waals surface area contributed by atoms with Crippen LogP contribution in [-0.2, 0) is 15.3 Å². The number of carbonyl (C=O) groups excluding carboxylic acids is 1. The van der Waals surface area contributed by atoms with Crippen molar-refractivity contribution in [2.45, 2.75) is 56.1 Å². The topological polar surface area (TPSA) is 105 Å². The molecule has 1 unspecified atom stereocenters. The first-order valence-electron chi connectivity index (χ1n) is 14.6. The molecule has 1 fully saturated rings. The van der Waals surface area contributed by atoms with Gasteiger partial charge in [0, 0.05) is 22.2 Å². The first-order valence-corrected chi connectivity index (χ1v) is 16.9. The van der Waals surface area contributed by atoms with Gasteiger partial charge in [0.25, 0.3) is 0 Å². The summed E-state index contributed by atoms with van der Waals surface area (Å²) in [6, 6.07) is 20.7. The standard InChI is InChI=1S/C33H37Cl2N5O3S/c1-21-8-11-26(12-9-21)40-30(20-29(39-40)33(2,3)4)38-32(41)37-25-7-5-6-23(18-25)31(22-14-16-36-17-15-22)44(42,43)28-13-10-24(34)19-27(28)35/h5-13,18-20,22,31,36H,14-17H2,1-4H3,(H2,37,38,41). The number of hydrogen-bond donors (Lipinski definition) is 3. The summed E-state index contributed by atoms with van der Waals surface area (Å²) in [5.74, 6) is 0.372. The van der Waals surface area contributed by atoms with Gasteiger partial charge in [0.1, 0.15) is 5.82 Å². The van der Waals surface area contributed by atoms with Crippen LogP contribution >= 0.6 is 23.2 Å². The molecule has 44 heavy (non-hydrogen) atoms. The predicted octanol–water partition coefficient (Wildman–Crippen LogP) is 7.94. The molecule has 0 bridgehead atoms. The van der Waals surface area contributed by atoms with E-state index in [1.165, 1.54) is 18.2 Å². The van der Waals surface area contributed by atoms with Crippen LogP contribution in [0, 0.1) is 12.8 Å². The highest BCUT2D eigenvalue weighted by Crippen LogP contribution is 2.42. The summed E-state index contributed by atoms with van der Waals surface area (Å²) in [5.41, 5.74) is 3.58. The lowest BCUT2D eigenvalue weighted by Crippen LogP contribution is -2.34. The fourth-order valence-electron chi connectivity index (χ4n) is 5.49. The summed E-state index contributed by atoms with van der Waals surface area (Å²) in [6.45, 7) is 9.64. The van der Waals surface area contributed by atoms with Crippen molar-refractivity contribution in [1.29, 1.82) is 0 Å². The van der Waals surface area contributed by atoms with Crippen LogP contribution in [-0.4, -0.2) is 37.3 Å². The van der Waals surface area contributed by atoms with Gasteiger partial charge in [-0.3, -0.25) is 5.32 Å². The highest BCUT2D eigenvalue weighted by molar-refractivity contribution is 7.91. The molecule has 8 nitrogen and oxygen atoms in total. The molecule has 4 aromatic rings. The van der Waals surface area contributed by atoms with E-state index in [0.717, 1.165) is 30.0 Å². The van der Waals surface area contributed by atoms with Gasteiger partial charge < -0.3 is 10.6 Å². The van der Waals surface area contributed by atoms with Gasteiger partial charge in [0.15, 0.2) is 9.84 Å². The fourth-order valence-corrected chi connectivity index (χ4v) is 8.36. The highest BCUT2D eigenvalue weighted by atomic mass is 35.5. The van der Waals surface area contributed by atoms with Crippen molar-refractivity contribution in [3.8, 4) is 5.69 Å². The molecule has 1 aliphatic heterocycles. The van der Waals surface area contributed by atoms with E-state index >= 15 is 0 Å². The Morgan fingerprint density at radius 3 is 2.34 bits per heavy atom. The van der Waals surface area contributed by atoms with Crippen molar-refractivity contribution in [1.82, 2.24) is 15.1 Å². The molecule has 2 heterocycles. The molecular weight excluding hydrogens is 617 g/mol. The van der Waals surface area contributed by atoms with Crippen LogP contribution in [0.1, 0.15) is 55.7 Å². The zero-order valence-corrected chi connectivity index (χ0v) is 27.5. The highest BCUT2D eigenvalue weighted by Gasteiger charge is 2.38. The third-order valence-corrected chi connectivity index (χ3v) is 10.8. The molecule has 11 heteroatoms. The molecule has 0 saturated carbocycles. The van der Waals surface area contributed by atoms with Gasteiger partial charge >= 0.3 is 6.03 Å². The number of rotatable bonds is 7. The van der Waals surface area contributed by atoms with Crippen molar-refractivity contribution in [2.75, 3.05) is 23.7 Å². The maximum Gasteiger partial charge on any atom is 0.324 e. The van der Waals surface area contributed by atoms with Crippen LogP contribution in [0.4, 0.5) is 16.3 Å². The number of benzene rings is 3. The number of nitrogens with zero attached hydrogens (tertiary/aromatic N) is 2. The van der Waals surface area contributed by atoms with E-state index in [2.05, 4.69) is 36.7 Å².